The Hall–Kier alpha value is -0.570. The average Bonchev–Trinajstić information content (AvgIpc) is 2.00. The topological polar surface area (TPSA) is 46.5 Å². The van der Waals surface area contributed by atoms with Crippen LogP contribution in [0.1, 0.15) is 33.6 Å². The van der Waals surface area contributed by atoms with Crippen LogP contribution in [0.25, 0.3) is 0 Å². The summed E-state index contributed by atoms with van der Waals surface area (Å²) in [6.07, 6.45) is 1.78. The van der Waals surface area contributed by atoms with E-state index < -0.39 is 5.41 Å². The van der Waals surface area contributed by atoms with Crippen molar-refractivity contribution in [3.63, 3.8) is 0 Å². The van der Waals surface area contributed by atoms with Crippen molar-refractivity contribution < 1.29 is 14.6 Å². The van der Waals surface area contributed by atoms with Crippen molar-refractivity contribution in [1.82, 2.24) is 0 Å². The molecule has 0 aliphatic carbocycles. The van der Waals surface area contributed by atoms with Gasteiger partial charge in [-0.05, 0) is 20.3 Å². The summed E-state index contributed by atoms with van der Waals surface area (Å²) in [5.41, 5.74) is -0.413. The van der Waals surface area contributed by atoms with Crippen LogP contribution < -0.4 is 0 Å². The molecule has 0 aromatic heterocycles. The van der Waals surface area contributed by atoms with E-state index in [0.717, 1.165) is 12.8 Å². The summed E-state index contributed by atoms with van der Waals surface area (Å²) >= 11 is 0. The van der Waals surface area contributed by atoms with Gasteiger partial charge in [0.2, 0.25) is 0 Å². The lowest BCUT2D eigenvalue weighted by Gasteiger charge is -2.21. The number of hydrogen-bond acceptors (Lipinski definition) is 3. The largest absolute Gasteiger partial charge is 0.463 e. The van der Waals surface area contributed by atoms with Crippen molar-refractivity contribution >= 4 is 5.97 Å². The lowest BCUT2D eigenvalue weighted by Crippen LogP contribution is -2.27. The molecule has 0 unspecified atom stereocenters. The van der Waals surface area contributed by atoms with Crippen LogP contribution in [0.15, 0.2) is 0 Å². The lowest BCUT2D eigenvalue weighted by atomic mass is 9.88. The van der Waals surface area contributed by atoms with Crippen LogP contribution in [0.4, 0.5) is 0 Å². The van der Waals surface area contributed by atoms with Gasteiger partial charge in [0.1, 0.15) is 6.61 Å². The van der Waals surface area contributed by atoms with Crippen LogP contribution in [-0.4, -0.2) is 24.3 Å². The molecule has 3 nitrogen and oxygen atoms in total. The minimum atomic E-state index is -0.413. The molecule has 0 atom stereocenters. The molecular weight excluding hydrogens is 156 g/mol. The Morgan fingerprint density at radius 3 is 2.50 bits per heavy atom. The summed E-state index contributed by atoms with van der Waals surface area (Å²) in [4.78, 5) is 11.3. The quantitative estimate of drug-likeness (QED) is 0.640. The van der Waals surface area contributed by atoms with Gasteiger partial charge in [0.25, 0.3) is 0 Å². The van der Waals surface area contributed by atoms with Crippen LogP contribution >= 0.6 is 0 Å². The smallest absolute Gasteiger partial charge is 0.311 e. The Balaban J connectivity index is 3.88. The van der Waals surface area contributed by atoms with Crippen LogP contribution in [-0.2, 0) is 9.53 Å². The van der Waals surface area contributed by atoms with Gasteiger partial charge in [0.05, 0.1) is 12.0 Å². The number of hydrogen-bond donors (Lipinski definition) is 1. The summed E-state index contributed by atoms with van der Waals surface area (Å²) < 4.78 is 4.82. The molecular formula is C9H18O3. The van der Waals surface area contributed by atoms with E-state index in [4.69, 9.17) is 9.84 Å². The maximum atomic E-state index is 11.3. The number of ether oxygens (including phenoxy) is 1. The standard InChI is InChI=1S/C9H18O3/c1-4-5-9(2,3)8(11)12-7-6-10/h10H,4-7H2,1-3H3. The molecule has 0 bridgehead atoms. The molecule has 3 heteroatoms. The molecule has 0 amide bonds. The number of aliphatic hydroxyl groups is 1. The minimum absolute atomic E-state index is 0.103. The van der Waals surface area contributed by atoms with Crippen molar-refractivity contribution in [2.45, 2.75) is 33.6 Å². The second kappa shape index (κ2) is 5.14. The Labute approximate surface area is 73.7 Å². The van der Waals surface area contributed by atoms with Crippen molar-refractivity contribution in [2.75, 3.05) is 13.2 Å². The van der Waals surface area contributed by atoms with Crippen molar-refractivity contribution in [3.05, 3.63) is 0 Å². The molecule has 0 aliphatic rings. The molecule has 72 valence electrons. The van der Waals surface area contributed by atoms with Gasteiger partial charge in [-0.15, -0.1) is 0 Å². The maximum Gasteiger partial charge on any atom is 0.311 e. The molecule has 0 spiro atoms. The molecule has 0 saturated carbocycles. The van der Waals surface area contributed by atoms with Crippen LogP contribution in [0, 0.1) is 5.41 Å². The first-order chi connectivity index (χ1) is 5.54. The van der Waals surface area contributed by atoms with Crippen molar-refractivity contribution in [1.29, 1.82) is 0 Å². The molecule has 0 saturated heterocycles. The predicted molar refractivity (Wildman–Crippen MR) is 46.7 cm³/mol. The van der Waals surface area contributed by atoms with Crippen LogP contribution in [0.3, 0.4) is 0 Å². The van der Waals surface area contributed by atoms with E-state index in [2.05, 4.69) is 0 Å². The van der Waals surface area contributed by atoms with E-state index in [-0.39, 0.29) is 19.2 Å². The van der Waals surface area contributed by atoms with Crippen LogP contribution in [0.2, 0.25) is 0 Å². The summed E-state index contributed by atoms with van der Waals surface area (Å²) in [5.74, 6) is -0.224. The molecule has 0 aliphatic heterocycles. The maximum absolute atomic E-state index is 11.3. The van der Waals surface area contributed by atoms with E-state index in [9.17, 15) is 4.79 Å². The van der Waals surface area contributed by atoms with Gasteiger partial charge in [-0.2, -0.15) is 0 Å². The second-order valence-corrected chi connectivity index (χ2v) is 3.49. The molecule has 0 fully saturated rings. The van der Waals surface area contributed by atoms with Crippen LogP contribution in [0.5, 0.6) is 0 Å². The number of rotatable bonds is 5. The number of aliphatic hydroxyl groups excluding tert-OH is 1. The third-order valence-corrected chi connectivity index (χ3v) is 1.75. The highest BCUT2D eigenvalue weighted by atomic mass is 16.5. The van der Waals surface area contributed by atoms with Gasteiger partial charge < -0.3 is 9.84 Å². The third kappa shape index (κ3) is 3.72. The van der Waals surface area contributed by atoms with Gasteiger partial charge in [-0.3, -0.25) is 4.79 Å². The fourth-order valence-electron chi connectivity index (χ4n) is 1.06. The highest BCUT2D eigenvalue weighted by Crippen LogP contribution is 2.23. The number of carbonyl (C=O) groups is 1. The number of esters is 1. The van der Waals surface area contributed by atoms with Gasteiger partial charge in [0, 0.05) is 0 Å². The summed E-state index contributed by atoms with van der Waals surface area (Å²) in [5, 5.41) is 8.43. The number of carbonyl (C=O) groups excluding carboxylic acids is 1. The fraction of sp³-hybridized carbons (Fsp3) is 0.889. The van der Waals surface area contributed by atoms with E-state index in [1.165, 1.54) is 0 Å². The first kappa shape index (κ1) is 11.4. The fourth-order valence-corrected chi connectivity index (χ4v) is 1.06. The zero-order valence-electron chi connectivity index (χ0n) is 8.09. The molecule has 0 aromatic carbocycles. The zero-order chi connectivity index (χ0) is 9.61. The molecule has 1 N–H and O–H groups in total. The molecule has 0 aromatic rings. The van der Waals surface area contributed by atoms with E-state index in [0.29, 0.717) is 0 Å². The highest BCUT2D eigenvalue weighted by Gasteiger charge is 2.27. The lowest BCUT2D eigenvalue weighted by molar-refractivity contribution is -0.155. The minimum Gasteiger partial charge on any atom is -0.463 e. The second-order valence-electron chi connectivity index (χ2n) is 3.49. The molecule has 0 rings (SSSR count). The zero-order valence-corrected chi connectivity index (χ0v) is 8.09. The monoisotopic (exact) mass is 174 g/mol. The van der Waals surface area contributed by atoms with Gasteiger partial charge in [0.15, 0.2) is 0 Å². The SMILES string of the molecule is CCCC(C)(C)C(=O)OCCO. The van der Waals surface area contributed by atoms with E-state index in [1.54, 1.807) is 0 Å². The third-order valence-electron chi connectivity index (χ3n) is 1.75. The first-order valence-corrected chi connectivity index (χ1v) is 4.32. The summed E-state index contributed by atoms with van der Waals surface area (Å²) in [6, 6.07) is 0. The predicted octanol–water partition coefficient (Wildman–Crippen LogP) is 1.35. The normalized spacial score (nSPS) is 11.3. The molecule has 0 radical (unpaired) electrons. The average molecular weight is 174 g/mol. The Bertz CT molecular complexity index is 141. The summed E-state index contributed by atoms with van der Waals surface area (Å²) in [6.45, 7) is 5.74. The first-order valence-electron chi connectivity index (χ1n) is 4.32. The Morgan fingerprint density at radius 2 is 2.08 bits per heavy atom. The van der Waals surface area contributed by atoms with E-state index in [1.807, 2.05) is 20.8 Å². The van der Waals surface area contributed by atoms with Gasteiger partial charge in [-0.25, -0.2) is 0 Å². The Morgan fingerprint density at radius 1 is 1.50 bits per heavy atom. The molecule has 12 heavy (non-hydrogen) atoms. The van der Waals surface area contributed by atoms with Crippen molar-refractivity contribution in [2.24, 2.45) is 5.41 Å². The van der Waals surface area contributed by atoms with Crippen molar-refractivity contribution in [3.8, 4) is 0 Å². The van der Waals surface area contributed by atoms with Gasteiger partial charge in [-0.1, -0.05) is 13.3 Å². The summed E-state index contributed by atoms with van der Waals surface area (Å²) in [7, 11) is 0. The molecule has 0 heterocycles. The highest BCUT2D eigenvalue weighted by molar-refractivity contribution is 5.75. The Kier molecular flexibility index (Phi) is 4.90. The van der Waals surface area contributed by atoms with Gasteiger partial charge >= 0.3 is 5.97 Å². The van der Waals surface area contributed by atoms with E-state index >= 15 is 0 Å².